The number of nitrogens with one attached hydrogen (secondary N) is 1. The van der Waals surface area contributed by atoms with Crippen molar-refractivity contribution in [2.45, 2.75) is 59.1 Å². The molecule has 1 aliphatic heterocycles. The van der Waals surface area contributed by atoms with Crippen LogP contribution in [-0.4, -0.2) is 66.7 Å². The van der Waals surface area contributed by atoms with E-state index in [1.165, 1.54) is 17.7 Å². The Morgan fingerprint density at radius 1 is 1.30 bits per heavy atom. The molecule has 1 heterocycles. The molecule has 1 atom stereocenters. The first-order valence-electron chi connectivity index (χ1n) is 8.53. The Hall–Kier alpha value is -1.30. The molecule has 1 saturated heterocycles. The number of hydrogen-bond donors (Lipinski definition) is 1. The molecule has 1 fully saturated rings. The van der Waals surface area contributed by atoms with E-state index in [0.717, 1.165) is 19.0 Å². The summed E-state index contributed by atoms with van der Waals surface area (Å²) in [6.45, 7) is 12.6. The lowest BCUT2D eigenvalue weighted by Gasteiger charge is -2.35. The van der Waals surface area contributed by atoms with Crippen molar-refractivity contribution in [3.05, 3.63) is 0 Å². The van der Waals surface area contributed by atoms with Gasteiger partial charge in [-0.15, -0.1) is 0 Å². The first kappa shape index (κ1) is 19.7. The summed E-state index contributed by atoms with van der Waals surface area (Å²) in [7, 11) is 1.57. The number of piperidine rings is 1. The molecule has 1 N–H and O–H groups in total. The molecule has 2 amide bonds. The molecule has 0 unspecified atom stereocenters. The molecule has 0 bridgehead atoms. The van der Waals surface area contributed by atoms with Gasteiger partial charge in [0, 0.05) is 19.6 Å². The number of carbonyl (C=O) groups is 2. The molecule has 134 valence electrons. The lowest BCUT2D eigenvalue weighted by atomic mass is 9.98. The van der Waals surface area contributed by atoms with Gasteiger partial charge in [0.15, 0.2) is 0 Å². The summed E-state index contributed by atoms with van der Waals surface area (Å²) in [6, 6.07) is 0.318. The Labute approximate surface area is 140 Å². The molecule has 0 aliphatic carbocycles. The summed E-state index contributed by atoms with van der Waals surface area (Å²) in [4.78, 5) is 27.5. The largest absolute Gasteiger partial charge is 0.444 e. The topological polar surface area (TPSA) is 61.9 Å². The average molecular weight is 327 g/mol. The van der Waals surface area contributed by atoms with E-state index < -0.39 is 11.7 Å². The van der Waals surface area contributed by atoms with E-state index in [1.54, 1.807) is 27.8 Å². The molecule has 0 spiro atoms. The highest BCUT2D eigenvalue weighted by Crippen LogP contribution is 2.17. The molecule has 0 aromatic rings. The van der Waals surface area contributed by atoms with Gasteiger partial charge in [-0.25, -0.2) is 4.79 Å². The predicted octanol–water partition coefficient (Wildman–Crippen LogP) is 2.09. The summed E-state index contributed by atoms with van der Waals surface area (Å²) in [6.07, 6.45) is 1.96. The lowest BCUT2D eigenvalue weighted by Crippen LogP contribution is -2.47. The van der Waals surface area contributed by atoms with Crippen LogP contribution in [-0.2, 0) is 9.53 Å². The highest BCUT2D eigenvalue weighted by Gasteiger charge is 2.23. The van der Waals surface area contributed by atoms with Crippen molar-refractivity contribution in [1.82, 2.24) is 15.1 Å². The van der Waals surface area contributed by atoms with Crippen LogP contribution >= 0.6 is 0 Å². The summed E-state index contributed by atoms with van der Waals surface area (Å²) < 4.78 is 5.23. The summed E-state index contributed by atoms with van der Waals surface area (Å²) in [5.74, 6) is 0.645. The van der Waals surface area contributed by atoms with Crippen molar-refractivity contribution >= 4 is 12.0 Å². The molecule has 1 rings (SSSR count). The van der Waals surface area contributed by atoms with Crippen LogP contribution in [0.5, 0.6) is 0 Å². The van der Waals surface area contributed by atoms with Crippen LogP contribution in [0.1, 0.15) is 47.5 Å². The van der Waals surface area contributed by atoms with Crippen LogP contribution in [0.15, 0.2) is 0 Å². The normalized spacial score (nSPS) is 18.3. The van der Waals surface area contributed by atoms with E-state index >= 15 is 0 Å². The molecule has 1 aliphatic rings. The van der Waals surface area contributed by atoms with Crippen molar-refractivity contribution in [3.8, 4) is 0 Å². The van der Waals surface area contributed by atoms with E-state index in [0.29, 0.717) is 12.6 Å². The average Bonchev–Trinajstić information content (AvgIpc) is 2.43. The maximum Gasteiger partial charge on any atom is 0.410 e. The SMILES string of the molecule is CC1CCN([C@H](C)CNC(=O)CN(C)C(=O)OC(C)(C)C)CC1. The number of likely N-dealkylation sites (N-methyl/N-ethyl adjacent to an activating group) is 1. The first-order valence-corrected chi connectivity index (χ1v) is 8.53. The van der Waals surface area contributed by atoms with Crippen LogP contribution in [0.25, 0.3) is 0 Å². The summed E-state index contributed by atoms with van der Waals surface area (Å²) in [5, 5.41) is 2.91. The second-order valence-electron chi connectivity index (χ2n) is 7.71. The molecule has 6 heteroatoms. The maximum absolute atomic E-state index is 12.0. The highest BCUT2D eigenvalue weighted by molar-refractivity contribution is 5.82. The quantitative estimate of drug-likeness (QED) is 0.840. The van der Waals surface area contributed by atoms with Crippen molar-refractivity contribution in [2.24, 2.45) is 5.92 Å². The highest BCUT2D eigenvalue weighted by atomic mass is 16.6. The molecular formula is C17H33N3O3. The molecule has 6 nitrogen and oxygen atoms in total. The van der Waals surface area contributed by atoms with Gasteiger partial charge in [-0.1, -0.05) is 6.92 Å². The van der Waals surface area contributed by atoms with E-state index in [-0.39, 0.29) is 12.5 Å². The van der Waals surface area contributed by atoms with E-state index in [4.69, 9.17) is 4.74 Å². The number of ether oxygens (including phenoxy) is 1. The second kappa shape index (κ2) is 8.52. The summed E-state index contributed by atoms with van der Waals surface area (Å²) >= 11 is 0. The van der Waals surface area contributed by atoms with Crippen LogP contribution in [0.2, 0.25) is 0 Å². The second-order valence-corrected chi connectivity index (χ2v) is 7.71. The Morgan fingerprint density at radius 2 is 1.87 bits per heavy atom. The van der Waals surface area contributed by atoms with Crippen LogP contribution in [0, 0.1) is 5.92 Å². The third kappa shape index (κ3) is 7.68. The fourth-order valence-electron chi connectivity index (χ4n) is 2.54. The van der Waals surface area contributed by atoms with Crippen molar-refractivity contribution in [2.75, 3.05) is 33.2 Å². The fourth-order valence-corrected chi connectivity index (χ4v) is 2.54. The molecule has 0 aromatic heterocycles. The monoisotopic (exact) mass is 327 g/mol. The van der Waals surface area contributed by atoms with Gasteiger partial charge in [0.05, 0.1) is 0 Å². The van der Waals surface area contributed by atoms with E-state index in [1.807, 2.05) is 0 Å². The maximum atomic E-state index is 12.0. The Kier molecular flexibility index (Phi) is 7.32. The van der Waals surface area contributed by atoms with Gasteiger partial charge in [0.2, 0.25) is 5.91 Å². The minimum absolute atomic E-state index is 0.0126. The molecule has 0 aromatic carbocycles. The predicted molar refractivity (Wildman–Crippen MR) is 91.3 cm³/mol. The molecule has 23 heavy (non-hydrogen) atoms. The zero-order valence-electron chi connectivity index (χ0n) is 15.5. The van der Waals surface area contributed by atoms with Gasteiger partial charge >= 0.3 is 6.09 Å². The Bertz CT molecular complexity index is 398. The smallest absolute Gasteiger partial charge is 0.410 e. The number of carbonyl (C=O) groups excluding carboxylic acids is 2. The van der Waals surface area contributed by atoms with Crippen LogP contribution < -0.4 is 5.32 Å². The number of nitrogens with zero attached hydrogens (tertiary/aromatic N) is 2. The summed E-state index contributed by atoms with van der Waals surface area (Å²) in [5.41, 5.74) is -0.554. The van der Waals surface area contributed by atoms with Gasteiger partial charge < -0.3 is 15.0 Å². The van der Waals surface area contributed by atoms with Crippen molar-refractivity contribution in [3.63, 3.8) is 0 Å². The van der Waals surface area contributed by atoms with Crippen molar-refractivity contribution in [1.29, 1.82) is 0 Å². The molecule has 0 radical (unpaired) electrons. The van der Waals surface area contributed by atoms with Crippen LogP contribution in [0.3, 0.4) is 0 Å². The number of amides is 2. The zero-order chi connectivity index (χ0) is 17.6. The van der Waals surface area contributed by atoms with Gasteiger partial charge in [-0.3, -0.25) is 9.69 Å². The number of likely N-dealkylation sites (tertiary alicyclic amines) is 1. The zero-order valence-corrected chi connectivity index (χ0v) is 15.5. The Balaban J connectivity index is 2.29. The van der Waals surface area contributed by atoms with Crippen LogP contribution in [0.4, 0.5) is 4.79 Å². The lowest BCUT2D eigenvalue weighted by molar-refractivity contribution is -0.122. The minimum Gasteiger partial charge on any atom is -0.444 e. The van der Waals surface area contributed by atoms with Gasteiger partial charge in [-0.2, -0.15) is 0 Å². The van der Waals surface area contributed by atoms with Crippen molar-refractivity contribution < 1.29 is 14.3 Å². The first-order chi connectivity index (χ1) is 10.6. The van der Waals surface area contributed by atoms with Gasteiger partial charge in [0.25, 0.3) is 0 Å². The minimum atomic E-state index is -0.554. The third-order valence-corrected chi connectivity index (χ3v) is 4.12. The van der Waals surface area contributed by atoms with E-state index in [2.05, 4.69) is 24.1 Å². The number of hydrogen-bond acceptors (Lipinski definition) is 4. The van der Waals surface area contributed by atoms with E-state index in [9.17, 15) is 9.59 Å². The molecule has 0 saturated carbocycles. The standard InChI is InChI=1S/C17H33N3O3/c1-13-7-9-20(10-8-13)14(2)11-18-15(21)12-19(6)16(22)23-17(3,4)5/h13-14H,7-12H2,1-6H3,(H,18,21)/t14-/m1/s1. The Morgan fingerprint density at radius 3 is 2.39 bits per heavy atom. The number of rotatable bonds is 5. The fraction of sp³-hybridized carbons (Fsp3) is 0.882. The van der Waals surface area contributed by atoms with Gasteiger partial charge in [0.1, 0.15) is 12.1 Å². The molecular weight excluding hydrogens is 294 g/mol. The van der Waals surface area contributed by atoms with Gasteiger partial charge in [-0.05, 0) is 59.5 Å². The third-order valence-electron chi connectivity index (χ3n) is 4.12.